The largest absolute Gasteiger partial charge is 0.496 e. The van der Waals surface area contributed by atoms with Gasteiger partial charge in [0.05, 0.1) is 7.11 Å². The van der Waals surface area contributed by atoms with Gasteiger partial charge in [-0.3, -0.25) is 0 Å². The second-order valence-electron chi connectivity index (χ2n) is 7.28. The Labute approximate surface area is 178 Å². The van der Waals surface area contributed by atoms with Crippen molar-refractivity contribution in [2.24, 2.45) is 0 Å². The second-order valence-corrected chi connectivity index (χ2v) is 7.28. The van der Waals surface area contributed by atoms with Gasteiger partial charge in [-0.2, -0.15) is 0 Å². The summed E-state index contributed by atoms with van der Waals surface area (Å²) in [6.07, 6.45) is 0.912. The van der Waals surface area contributed by atoms with E-state index < -0.39 is 0 Å². The molecule has 3 nitrogen and oxygen atoms in total. The van der Waals surface area contributed by atoms with Crippen molar-refractivity contribution in [3.05, 3.63) is 108 Å². The van der Waals surface area contributed by atoms with Crippen LogP contribution in [0.3, 0.4) is 0 Å². The minimum atomic E-state index is 0.563. The van der Waals surface area contributed by atoms with Gasteiger partial charge < -0.3 is 14.8 Å². The lowest BCUT2D eigenvalue weighted by molar-refractivity contribution is 0.303. The van der Waals surface area contributed by atoms with Crippen LogP contribution >= 0.6 is 0 Å². The van der Waals surface area contributed by atoms with E-state index in [0.29, 0.717) is 6.61 Å². The number of para-hydroxylation sites is 1. The molecule has 0 aliphatic rings. The summed E-state index contributed by atoms with van der Waals surface area (Å²) in [4.78, 5) is 0. The lowest BCUT2D eigenvalue weighted by Crippen LogP contribution is -2.18. The molecule has 1 N–H and O–H groups in total. The summed E-state index contributed by atoms with van der Waals surface area (Å²) in [5, 5.41) is 6.05. The molecule has 3 heteroatoms. The average Bonchev–Trinajstić information content (AvgIpc) is 2.81. The topological polar surface area (TPSA) is 30.5 Å². The first-order valence-corrected chi connectivity index (χ1v) is 10.3. The zero-order valence-corrected chi connectivity index (χ0v) is 17.3. The Morgan fingerprint density at radius 2 is 1.50 bits per heavy atom. The third-order valence-electron chi connectivity index (χ3n) is 5.30. The molecule has 4 aromatic rings. The Kier molecular flexibility index (Phi) is 6.63. The number of rotatable bonds is 9. The average molecular weight is 398 g/mol. The molecule has 30 heavy (non-hydrogen) atoms. The molecule has 0 spiro atoms. The third-order valence-corrected chi connectivity index (χ3v) is 5.30. The number of hydrogen-bond acceptors (Lipinski definition) is 3. The molecule has 0 fully saturated rings. The van der Waals surface area contributed by atoms with E-state index in [1.807, 2.05) is 30.3 Å². The normalized spacial score (nSPS) is 10.8. The zero-order chi connectivity index (χ0) is 20.6. The summed E-state index contributed by atoms with van der Waals surface area (Å²) in [7, 11) is 1.72. The van der Waals surface area contributed by atoms with E-state index >= 15 is 0 Å². The molecule has 0 bridgehead atoms. The summed E-state index contributed by atoms with van der Waals surface area (Å²) < 4.78 is 11.7. The minimum Gasteiger partial charge on any atom is -0.496 e. The van der Waals surface area contributed by atoms with Crippen molar-refractivity contribution < 1.29 is 9.47 Å². The number of methoxy groups -OCH3 is 1. The van der Waals surface area contributed by atoms with Gasteiger partial charge in [-0.1, -0.05) is 78.9 Å². The summed E-state index contributed by atoms with van der Waals surface area (Å²) in [6.45, 7) is 2.18. The predicted molar refractivity (Wildman–Crippen MR) is 123 cm³/mol. The van der Waals surface area contributed by atoms with Crippen LogP contribution in [0.15, 0.2) is 91.0 Å². The van der Waals surface area contributed by atoms with Crippen LogP contribution in [-0.4, -0.2) is 13.7 Å². The lowest BCUT2D eigenvalue weighted by Gasteiger charge is -2.16. The number of benzene rings is 4. The molecule has 4 aromatic carbocycles. The summed E-state index contributed by atoms with van der Waals surface area (Å²) in [5.74, 6) is 1.87. The van der Waals surface area contributed by atoms with E-state index in [2.05, 4.69) is 66.0 Å². The molecule has 0 amide bonds. The SMILES string of the molecule is COc1ccccc1CCNCc1c(OCc2ccccc2)ccc2ccccc12. The standard InChI is InChI=1S/C27H27NO2/c1-29-26-14-8-6-12-23(26)17-18-28-19-25-24-13-7-5-11-22(24)15-16-27(25)30-20-21-9-3-2-4-10-21/h2-16,28H,17-20H2,1H3. The molecule has 0 aromatic heterocycles. The third kappa shape index (κ3) is 4.81. The van der Waals surface area contributed by atoms with Crippen molar-refractivity contribution in [2.75, 3.05) is 13.7 Å². The number of fused-ring (bicyclic) bond motifs is 1. The van der Waals surface area contributed by atoms with Crippen molar-refractivity contribution in [1.29, 1.82) is 0 Å². The van der Waals surface area contributed by atoms with Gasteiger partial charge >= 0.3 is 0 Å². The molecule has 152 valence electrons. The zero-order valence-electron chi connectivity index (χ0n) is 17.3. The highest BCUT2D eigenvalue weighted by atomic mass is 16.5. The highest BCUT2D eigenvalue weighted by Crippen LogP contribution is 2.29. The summed E-state index contributed by atoms with van der Waals surface area (Å²) >= 11 is 0. The number of hydrogen-bond donors (Lipinski definition) is 1. The molecular weight excluding hydrogens is 370 g/mol. The van der Waals surface area contributed by atoms with Crippen LogP contribution in [-0.2, 0) is 19.6 Å². The predicted octanol–water partition coefficient (Wildman–Crippen LogP) is 5.76. The number of ether oxygens (including phenoxy) is 2. The van der Waals surface area contributed by atoms with Gasteiger partial charge in [0.1, 0.15) is 18.1 Å². The van der Waals surface area contributed by atoms with Crippen LogP contribution in [0, 0.1) is 0 Å². The van der Waals surface area contributed by atoms with Gasteiger partial charge in [-0.05, 0) is 47.0 Å². The smallest absolute Gasteiger partial charge is 0.124 e. The molecule has 0 unspecified atom stereocenters. The first-order valence-electron chi connectivity index (χ1n) is 10.3. The second kappa shape index (κ2) is 9.95. The van der Waals surface area contributed by atoms with Crippen molar-refractivity contribution >= 4 is 10.8 Å². The van der Waals surface area contributed by atoms with Gasteiger partial charge in [0.25, 0.3) is 0 Å². The monoisotopic (exact) mass is 397 g/mol. The van der Waals surface area contributed by atoms with Crippen molar-refractivity contribution in [1.82, 2.24) is 5.32 Å². The Morgan fingerprint density at radius 3 is 2.37 bits per heavy atom. The maximum Gasteiger partial charge on any atom is 0.124 e. The molecule has 0 saturated carbocycles. The molecule has 0 radical (unpaired) electrons. The van der Waals surface area contributed by atoms with Gasteiger partial charge in [-0.15, -0.1) is 0 Å². The van der Waals surface area contributed by atoms with Crippen LogP contribution in [0.25, 0.3) is 10.8 Å². The van der Waals surface area contributed by atoms with Crippen LogP contribution in [0.4, 0.5) is 0 Å². The van der Waals surface area contributed by atoms with Gasteiger partial charge in [0.2, 0.25) is 0 Å². The van der Waals surface area contributed by atoms with E-state index in [4.69, 9.17) is 9.47 Å². The van der Waals surface area contributed by atoms with Crippen LogP contribution in [0.2, 0.25) is 0 Å². The fourth-order valence-electron chi connectivity index (χ4n) is 3.71. The minimum absolute atomic E-state index is 0.563. The Balaban J connectivity index is 1.48. The lowest BCUT2D eigenvalue weighted by atomic mass is 10.0. The van der Waals surface area contributed by atoms with Crippen LogP contribution in [0.5, 0.6) is 11.5 Å². The molecule has 0 saturated heterocycles. The Bertz CT molecular complexity index is 1090. The molecule has 0 heterocycles. The first kappa shape index (κ1) is 20.0. The summed E-state index contributed by atoms with van der Waals surface area (Å²) in [5.41, 5.74) is 3.58. The van der Waals surface area contributed by atoms with Crippen molar-refractivity contribution in [3.8, 4) is 11.5 Å². The van der Waals surface area contributed by atoms with E-state index in [1.165, 1.54) is 27.5 Å². The quantitative estimate of drug-likeness (QED) is 0.364. The Morgan fingerprint density at radius 1 is 0.733 bits per heavy atom. The highest BCUT2D eigenvalue weighted by molar-refractivity contribution is 5.87. The summed E-state index contributed by atoms with van der Waals surface area (Å²) in [6, 6.07) is 31.2. The van der Waals surface area contributed by atoms with Crippen LogP contribution in [0.1, 0.15) is 16.7 Å². The van der Waals surface area contributed by atoms with E-state index in [0.717, 1.165) is 31.0 Å². The Hall–Kier alpha value is -3.30. The maximum atomic E-state index is 6.22. The van der Waals surface area contributed by atoms with Gasteiger partial charge in [0.15, 0.2) is 0 Å². The van der Waals surface area contributed by atoms with Crippen molar-refractivity contribution in [2.45, 2.75) is 19.6 Å². The van der Waals surface area contributed by atoms with E-state index in [1.54, 1.807) is 7.11 Å². The van der Waals surface area contributed by atoms with E-state index in [9.17, 15) is 0 Å². The maximum absolute atomic E-state index is 6.22. The molecular formula is C27H27NO2. The van der Waals surface area contributed by atoms with Gasteiger partial charge in [0, 0.05) is 12.1 Å². The van der Waals surface area contributed by atoms with Crippen LogP contribution < -0.4 is 14.8 Å². The van der Waals surface area contributed by atoms with E-state index in [-0.39, 0.29) is 0 Å². The fraction of sp³-hybridized carbons (Fsp3) is 0.185. The molecule has 4 rings (SSSR count). The van der Waals surface area contributed by atoms with Crippen molar-refractivity contribution in [3.63, 3.8) is 0 Å². The molecule has 0 atom stereocenters. The molecule has 0 aliphatic carbocycles. The van der Waals surface area contributed by atoms with Gasteiger partial charge in [-0.25, -0.2) is 0 Å². The fourth-order valence-corrected chi connectivity index (χ4v) is 3.71. The number of nitrogens with one attached hydrogen (secondary N) is 1. The highest BCUT2D eigenvalue weighted by Gasteiger charge is 2.10. The first-order chi connectivity index (χ1) is 14.8. The molecule has 0 aliphatic heterocycles.